The zero-order chi connectivity index (χ0) is 14.3. The Kier molecular flexibility index (Phi) is 2.78. The fraction of sp³-hybridized carbons (Fsp3) is 0.214. The quantitative estimate of drug-likeness (QED) is 0.858. The molecule has 0 saturated carbocycles. The molecule has 102 valence electrons. The summed E-state index contributed by atoms with van der Waals surface area (Å²) in [6.07, 6.45) is 0.577. The van der Waals surface area contributed by atoms with Gasteiger partial charge >= 0.3 is 5.97 Å². The Morgan fingerprint density at radius 2 is 2.25 bits per heavy atom. The molecule has 2 aromatic rings. The van der Waals surface area contributed by atoms with Crippen LogP contribution >= 0.6 is 0 Å². The molecule has 1 aliphatic rings. The van der Waals surface area contributed by atoms with E-state index in [9.17, 15) is 14.7 Å². The summed E-state index contributed by atoms with van der Waals surface area (Å²) >= 11 is 0. The van der Waals surface area contributed by atoms with Crippen LogP contribution in [0.1, 0.15) is 26.4 Å². The van der Waals surface area contributed by atoms with Gasteiger partial charge in [-0.05, 0) is 30.2 Å². The van der Waals surface area contributed by atoms with Gasteiger partial charge in [0.15, 0.2) is 5.69 Å². The number of benzene rings is 1. The highest BCUT2D eigenvalue weighted by molar-refractivity contribution is 6.09. The Hall–Kier alpha value is -2.63. The Morgan fingerprint density at radius 1 is 1.45 bits per heavy atom. The summed E-state index contributed by atoms with van der Waals surface area (Å²) in [7, 11) is 1.55. The maximum absolute atomic E-state index is 12.0. The highest BCUT2D eigenvalue weighted by Crippen LogP contribution is 2.29. The average molecular weight is 272 g/mol. The lowest BCUT2D eigenvalue weighted by molar-refractivity contribution is 0.0684. The third kappa shape index (κ3) is 1.77. The van der Waals surface area contributed by atoms with Crippen LogP contribution in [0.4, 0.5) is 0 Å². The molecular weight excluding hydrogens is 260 g/mol. The van der Waals surface area contributed by atoms with Gasteiger partial charge in [-0.15, -0.1) is 0 Å². The number of fused-ring (bicyclic) bond motifs is 3. The van der Waals surface area contributed by atoms with E-state index in [4.69, 9.17) is 4.74 Å². The molecule has 0 spiro atoms. The zero-order valence-corrected chi connectivity index (χ0v) is 10.8. The summed E-state index contributed by atoms with van der Waals surface area (Å²) in [5.41, 5.74) is 1.23. The number of nitrogens with one attached hydrogen (secondary N) is 1. The van der Waals surface area contributed by atoms with Crippen LogP contribution < -0.4 is 10.1 Å². The molecule has 0 atom stereocenters. The number of carbonyl (C=O) groups is 2. The molecule has 0 fully saturated rings. The minimum atomic E-state index is -1.20. The van der Waals surface area contributed by atoms with Crippen LogP contribution in [-0.4, -0.2) is 35.6 Å². The van der Waals surface area contributed by atoms with E-state index in [-0.39, 0.29) is 17.2 Å². The van der Waals surface area contributed by atoms with Crippen molar-refractivity contribution < 1.29 is 19.4 Å². The molecule has 0 saturated heterocycles. The molecule has 0 bridgehead atoms. The lowest BCUT2D eigenvalue weighted by Gasteiger charge is -2.20. The van der Waals surface area contributed by atoms with Gasteiger partial charge in [-0.2, -0.15) is 0 Å². The number of pyridine rings is 1. The molecule has 1 aromatic heterocycles. The van der Waals surface area contributed by atoms with E-state index in [1.54, 1.807) is 25.3 Å². The van der Waals surface area contributed by atoms with E-state index in [2.05, 4.69) is 10.3 Å². The standard InChI is InChI=1S/C14H12N2O4/c1-20-7-2-3-10-9(6-7)8-4-5-15-13(17)11(8)12(16-10)14(18)19/h2-3,6H,4-5H2,1H3,(H,15,17)(H,18,19). The zero-order valence-electron chi connectivity index (χ0n) is 10.8. The van der Waals surface area contributed by atoms with Crippen LogP contribution in [0, 0.1) is 0 Å². The number of amides is 1. The number of ether oxygens (including phenoxy) is 1. The Balaban J connectivity index is 2.40. The van der Waals surface area contributed by atoms with Crippen molar-refractivity contribution in [2.75, 3.05) is 13.7 Å². The molecule has 3 rings (SSSR count). The minimum Gasteiger partial charge on any atom is -0.497 e. The maximum atomic E-state index is 12.0. The Morgan fingerprint density at radius 3 is 2.95 bits per heavy atom. The molecule has 2 heterocycles. The van der Waals surface area contributed by atoms with Crippen molar-refractivity contribution in [3.8, 4) is 5.75 Å². The smallest absolute Gasteiger partial charge is 0.355 e. The van der Waals surface area contributed by atoms with E-state index >= 15 is 0 Å². The number of hydrogen-bond acceptors (Lipinski definition) is 4. The average Bonchev–Trinajstić information content (AvgIpc) is 2.46. The van der Waals surface area contributed by atoms with Crippen molar-refractivity contribution in [1.82, 2.24) is 10.3 Å². The van der Waals surface area contributed by atoms with E-state index in [1.165, 1.54) is 0 Å². The van der Waals surface area contributed by atoms with Crippen LogP contribution in [0.15, 0.2) is 18.2 Å². The van der Waals surface area contributed by atoms with Gasteiger partial charge in [0.25, 0.3) is 5.91 Å². The summed E-state index contributed by atoms with van der Waals surface area (Å²) in [4.78, 5) is 27.4. The van der Waals surface area contributed by atoms with E-state index in [0.717, 1.165) is 10.9 Å². The lowest BCUT2D eigenvalue weighted by Crippen LogP contribution is -2.34. The fourth-order valence-electron chi connectivity index (χ4n) is 2.48. The highest BCUT2D eigenvalue weighted by atomic mass is 16.5. The Labute approximate surface area is 114 Å². The molecule has 0 unspecified atom stereocenters. The number of rotatable bonds is 2. The van der Waals surface area contributed by atoms with Crippen LogP contribution in [0.2, 0.25) is 0 Å². The first-order valence-electron chi connectivity index (χ1n) is 6.14. The summed E-state index contributed by atoms with van der Waals surface area (Å²) in [5.74, 6) is -0.938. The molecule has 0 aliphatic carbocycles. The van der Waals surface area contributed by atoms with Crippen molar-refractivity contribution in [2.45, 2.75) is 6.42 Å². The second kappa shape index (κ2) is 4.48. The second-order valence-corrected chi connectivity index (χ2v) is 4.51. The molecule has 6 nitrogen and oxygen atoms in total. The monoisotopic (exact) mass is 272 g/mol. The third-order valence-corrected chi connectivity index (χ3v) is 3.39. The number of carboxylic acid groups (broad SMARTS) is 1. The molecular formula is C14H12N2O4. The van der Waals surface area contributed by atoms with Gasteiger partial charge < -0.3 is 15.2 Å². The van der Waals surface area contributed by atoms with Crippen molar-refractivity contribution in [2.24, 2.45) is 0 Å². The van der Waals surface area contributed by atoms with Gasteiger partial charge in [0.2, 0.25) is 0 Å². The fourth-order valence-corrected chi connectivity index (χ4v) is 2.48. The van der Waals surface area contributed by atoms with Crippen LogP contribution in [0.5, 0.6) is 5.75 Å². The second-order valence-electron chi connectivity index (χ2n) is 4.51. The summed E-state index contributed by atoms with van der Waals surface area (Å²) in [6, 6.07) is 5.20. The van der Waals surface area contributed by atoms with Gasteiger partial charge in [0, 0.05) is 11.9 Å². The van der Waals surface area contributed by atoms with E-state index in [1.807, 2.05) is 0 Å². The van der Waals surface area contributed by atoms with E-state index in [0.29, 0.717) is 24.2 Å². The van der Waals surface area contributed by atoms with Gasteiger partial charge in [-0.25, -0.2) is 9.78 Å². The van der Waals surface area contributed by atoms with Crippen LogP contribution in [-0.2, 0) is 6.42 Å². The Bertz CT molecular complexity index is 740. The van der Waals surface area contributed by atoms with Crippen molar-refractivity contribution in [3.63, 3.8) is 0 Å². The number of aromatic carboxylic acids is 1. The first-order chi connectivity index (χ1) is 9.61. The minimum absolute atomic E-state index is 0.157. The van der Waals surface area contributed by atoms with Crippen molar-refractivity contribution in [1.29, 1.82) is 0 Å². The first kappa shape index (κ1) is 12.4. The number of carboxylic acids is 1. The first-order valence-corrected chi connectivity index (χ1v) is 6.14. The molecule has 0 radical (unpaired) electrons. The van der Waals surface area contributed by atoms with Gasteiger partial charge in [0.1, 0.15) is 5.75 Å². The van der Waals surface area contributed by atoms with Crippen LogP contribution in [0.3, 0.4) is 0 Å². The largest absolute Gasteiger partial charge is 0.497 e. The predicted octanol–water partition coefficient (Wildman–Crippen LogP) is 1.23. The SMILES string of the molecule is COc1ccc2nc(C(=O)O)c3c(c2c1)CCNC3=O. The number of carbonyl (C=O) groups excluding carboxylic acids is 1. The van der Waals surface area contributed by atoms with Crippen molar-refractivity contribution in [3.05, 3.63) is 35.0 Å². The predicted molar refractivity (Wildman–Crippen MR) is 71.3 cm³/mol. The molecule has 6 heteroatoms. The van der Waals surface area contributed by atoms with Crippen LogP contribution in [0.25, 0.3) is 10.9 Å². The van der Waals surface area contributed by atoms with E-state index < -0.39 is 5.97 Å². The van der Waals surface area contributed by atoms with Gasteiger partial charge in [0.05, 0.1) is 18.2 Å². The number of methoxy groups -OCH3 is 1. The summed E-state index contributed by atoms with van der Waals surface area (Å²) in [6.45, 7) is 0.487. The molecule has 20 heavy (non-hydrogen) atoms. The highest BCUT2D eigenvalue weighted by Gasteiger charge is 2.27. The molecule has 1 aliphatic heterocycles. The number of hydrogen-bond donors (Lipinski definition) is 2. The van der Waals surface area contributed by atoms with Crippen molar-refractivity contribution >= 4 is 22.8 Å². The molecule has 1 aromatic carbocycles. The lowest BCUT2D eigenvalue weighted by atomic mass is 9.94. The topological polar surface area (TPSA) is 88.5 Å². The molecule has 2 N–H and O–H groups in total. The summed E-state index contributed by atoms with van der Waals surface area (Å²) < 4.78 is 5.17. The summed E-state index contributed by atoms with van der Waals surface area (Å²) in [5, 5.41) is 12.7. The molecule has 1 amide bonds. The number of aromatic nitrogens is 1. The van der Waals surface area contributed by atoms with Gasteiger partial charge in [-0.3, -0.25) is 4.79 Å². The normalized spacial score (nSPS) is 13.8. The number of nitrogens with zero attached hydrogens (tertiary/aromatic N) is 1. The maximum Gasteiger partial charge on any atom is 0.355 e. The van der Waals surface area contributed by atoms with Gasteiger partial charge in [-0.1, -0.05) is 0 Å². The third-order valence-electron chi connectivity index (χ3n) is 3.39.